The van der Waals surface area contributed by atoms with Crippen molar-refractivity contribution < 1.29 is 34.2 Å². The zero-order chi connectivity index (χ0) is 27.3. The molecule has 4 unspecified atom stereocenters. The number of carboxylic acid groups (broad SMARTS) is 1. The molecule has 1 aromatic carbocycles. The fraction of sp³-hybridized carbons (Fsp3) is 0.500. The van der Waals surface area contributed by atoms with E-state index in [-0.39, 0.29) is 24.3 Å². The van der Waals surface area contributed by atoms with Gasteiger partial charge in [-0.15, -0.1) is 0 Å². The summed E-state index contributed by atoms with van der Waals surface area (Å²) in [5, 5.41) is 26.2. The van der Waals surface area contributed by atoms with Crippen molar-refractivity contribution in [2.24, 2.45) is 17.2 Å². The topological polar surface area (TPSA) is 240 Å². The number of aromatic hydroxyl groups is 1. The Bertz CT molecular complexity index is 915. The van der Waals surface area contributed by atoms with Gasteiger partial charge in [-0.3, -0.25) is 19.2 Å². The highest BCUT2D eigenvalue weighted by Gasteiger charge is 2.31. The first-order chi connectivity index (χ1) is 17.0. The van der Waals surface area contributed by atoms with Gasteiger partial charge in [0.15, 0.2) is 0 Å². The minimum Gasteiger partial charge on any atom is -0.508 e. The van der Waals surface area contributed by atoms with E-state index in [0.717, 1.165) is 0 Å². The average Bonchev–Trinajstić information content (AvgIpc) is 2.82. The molecule has 1 aromatic rings. The van der Waals surface area contributed by atoms with E-state index in [2.05, 4.69) is 28.6 Å². The van der Waals surface area contributed by atoms with Crippen LogP contribution in [0.25, 0.3) is 0 Å². The second kappa shape index (κ2) is 15.6. The molecule has 0 spiro atoms. The fourth-order valence-corrected chi connectivity index (χ4v) is 3.31. The summed E-state index contributed by atoms with van der Waals surface area (Å²) in [6.07, 6.45) is 0.461. The number of unbranched alkanes of at least 4 members (excludes halogenated alkanes) is 1. The molecule has 200 valence electrons. The summed E-state index contributed by atoms with van der Waals surface area (Å²) in [6.45, 7) is 0.336. The van der Waals surface area contributed by atoms with Gasteiger partial charge in [0, 0.05) is 12.2 Å². The lowest BCUT2D eigenvalue weighted by Crippen LogP contribution is -2.58. The number of carboxylic acids is 1. The maximum Gasteiger partial charge on any atom is 0.326 e. The minimum absolute atomic E-state index is 0.00488. The zero-order valence-corrected chi connectivity index (χ0v) is 20.6. The molecule has 14 heteroatoms. The van der Waals surface area contributed by atoms with E-state index in [1.807, 2.05) is 0 Å². The molecule has 0 bridgehead atoms. The summed E-state index contributed by atoms with van der Waals surface area (Å²) in [7, 11) is 0. The number of hydrogen-bond acceptors (Lipinski definition) is 9. The summed E-state index contributed by atoms with van der Waals surface area (Å²) in [4.78, 5) is 61.2. The quantitative estimate of drug-likeness (QED) is 0.0832. The van der Waals surface area contributed by atoms with E-state index in [1.54, 1.807) is 0 Å². The number of hydrogen-bond donors (Lipinski definition) is 9. The molecular weight excluding hydrogens is 492 g/mol. The summed E-state index contributed by atoms with van der Waals surface area (Å²) in [5.74, 6) is -4.57. The van der Waals surface area contributed by atoms with Gasteiger partial charge in [0.25, 0.3) is 0 Å². The minimum atomic E-state index is -1.40. The lowest BCUT2D eigenvalue weighted by molar-refractivity contribution is -0.142. The number of phenols is 1. The third-order valence-corrected chi connectivity index (χ3v) is 5.54. The Morgan fingerprint density at radius 1 is 0.889 bits per heavy atom. The summed E-state index contributed by atoms with van der Waals surface area (Å²) < 4.78 is 0. The molecule has 0 saturated heterocycles. The number of phenolic OH excluding ortho intramolecular Hbond substituents is 1. The van der Waals surface area contributed by atoms with Gasteiger partial charge in [-0.05, 0) is 43.5 Å². The number of aliphatic carboxylic acids is 1. The van der Waals surface area contributed by atoms with Crippen molar-refractivity contribution in [2.45, 2.75) is 56.3 Å². The largest absolute Gasteiger partial charge is 0.508 e. The average molecular weight is 527 g/mol. The maximum atomic E-state index is 13.0. The maximum absolute atomic E-state index is 13.0. The monoisotopic (exact) mass is 526 g/mol. The number of primary amides is 1. The van der Waals surface area contributed by atoms with Crippen molar-refractivity contribution in [3.05, 3.63) is 29.8 Å². The van der Waals surface area contributed by atoms with Gasteiger partial charge in [0.1, 0.15) is 23.9 Å². The molecule has 0 heterocycles. The van der Waals surface area contributed by atoms with Gasteiger partial charge >= 0.3 is 5.97 Å². The third kappa shape index (κ3) is 10.9. The Morgan fingerprint density at radius 2 is 1.44 bits per heavy atom. The van der Waals surface area contributed by atoms with Crippen LogP contribution in [0.15, 0.2) is 24.3 Å². The van der Waals surface area contributed by atoms with Crippen LogP contribution in [-0.4, -0.2) is 76.3 Å². The van der Waals surface area contributed by atoms with Gasteiger partial charge in [0.05, 0.1) is 12.5 Å². The Morgan fingerprint density at radius 3 is 1.97 bits per heavy atom. The molecule has 0 saturated carbocycles. The standard InChI is InChI=1S/C22H34N6O7S/c23-8-2-1-3-15(26-21(33)16(10-18(25)30)27-19(31)14(24)11-36)20(32)28-17(22(34)35)9-12-4-6-13(29)7-5-12/h4-7,14-17,29,36H,1-3,8-11,23-24H2,(H2,25,30)(H,26,33)(H,27,31)(H,28,32)(H,34,35). The number of amides is 4. The van der Waals surface area contributed by atoms with Crippen LogP contribution in [-0.2, 0) is 30.4 Å². The Kier molecular flexibility index (Phi) is 13.3. The first kappa shape index (κ1) is 30.7. The molecule has 11 N–H and O–H groups in total. The molecule has 4 atom stereocenters. The molecule has 36 heavy (non-hydrogen) atoms. The molecule has 0 aromatic heterocycles. The van der Waals surface area contributed by atoms with Gasteiger partial charge in [-0.1, -0.05) is 12.1 Å². The van der Waals surface area contributed by atoms with Crippen LogP contribution >= 0.6 is 12.6 Å². The molecule has 4 amide bonds. The summed E-state index contributed by atoms with van der Waals surface area (Å²) in [6, 6.07) is 0.850. The van der Waals surface area contributed by atoms with E-state index in [4.69, 9.17) is 17.2 Å². The van der Waals surface area contributed by atoms with E-state index < -0.39 is 60.2 Å². The Labute approximate surface area is 213 Å². The van der Waals surface area contributed by atoms with E-state index in [1.165, 1.54) is 24.3 Å². The molecule has 0 radical (unpaired) electrons. The van der Waals surface area contributed by atoms with Gasteiger partial charge < -0.3 is 43.4 Å². The number of thiol groups is 1. The van der Waals surface area contributed by atoms with E-state index >= 15 is 0 Å². The van der Waals surface area contributed by atoms with Crippen LogP contribution in [0.1, 0.15) is 31.2 Å². The lowest BCUT2D eigenvalue weighted by atomic mass is 10.0. The molecule has 13 nitrogen and oxygen atoms in total. The summed E-state index contributed by atoms with van der Waals surface area (Å²) in [5.41, 5.74) is 16.9. The normalized spacial score (nSPS) is 14.1. The lowest BCUT2D eigenvalue weighted by Gasteiger charge is -2.25. The van der Waals surface area contributed by atoms with Gasteiger partial charge in [-0.2, -0.15) is 12.6 Å². The molecule has 0 fully saturated rings. The second-order valence-corrected chi connectivity index (χ2v) is 8.50. The van der Waals surface area contributed by atoms with Gasteiger partial charge in [-0.25, -0.2) is 4.79 Å². The Hall–Kier alpha value is -3.36. The van der Waals surface area contributed by atoms with Crippen molar-refractivity contribution in [2.75, 3.05) is 12.3 Å². The number of rotatable bonds is 16. The van der Waals surface area contributed by atoms with Crippen LogP contribution in [0.4, 0.5) is 0 Å². The number of benzene rings is 1. The fourth-order valence-electron chi connectivity index (χ4n) is 3.15. The molecular formula is C22H34N6O7S. The van der Waals surface area contributed by atoms with Crippen LogP contribution < -0.4 is 33.2 Å². The van der Waals surface area contributed by atoms with Crippen LogP contribution in [0.2, 0.25) is 0 Å². The smallest absolute Gasteiger partial charge is 0.326 e. The van der Waals surface area contributed by atoms with Crippen LogP contribution in [0.5, 0.6) is 5.75 Å². The van der Waals surface area contributed by atoms with Crippen molar-refractivity contribution in [1.82, 2.24) is 16.0 Å². The number of carbonyl (C=O) groups excluding carboxylic acids is 4. The van der Waals surface area contributed by atoms with E-state index in [9.17, 15) is 34.2 Å². The second-order valence-electron chi connectivity index (χ2n) is 8.14. The SMILES string of the molecule is NCCCCC(NC(=O)C(CC(N)=O)NC(=O)C(N)CS)C(=O)NC(Cc1ccc(O)cc1)C(=O)O. The molecule has 0 aliphatic carbocycles. The highest BCUT2D eigenvalue weighted by Crippen LogP contribution is 2.12. The van der Waals surface area contributed by atoms with E-state index in [0.29, 0.717) is 24.9 Å². The van der Waals surface area contributed by atoms with Crippen molar-refractivity contribution in [3.8, 4) is 5.75 Å². The van der Waals surface area contributed by atoms with Crippen molar-refractivity contribution >= 4 is 42.2 Å². The van der Waals surface area contributed by atoms with Gasteiger partial charge in [0.2, 0.25) is 23.6 Å². The molecule has 1 rings (SSSR count). The highest BCUT2D eigenvalue weighted by molar-refractivity contribution is 7.80. The van der Waals surface area contributed by atoms with Crippen LogP contribution in [0.3, 0.4) is 0 Å². The van der Waals surface area contributed by atoms with Crippen molar-refractivity contribution in [1.29, 1.82) is 0 Å². The Balaban J connectivity index is 3.02. The number of carbonyl (C=O) groups is 5. The predicted octanol–water partition coefficient (Wildman–Crippen LogP) is -2.26. The van der Waals surface area contributed by atoms with Crippen LogP contribution in [0, 0.1) is 0 Å². The predicted molar refractivity (Wildman–Crippen MR) is 134 cm³/mol. The molecule has 0 aliphatic heterocycles. The first-order valence-corrected chi connectivity index (χ1v) is 11.9. The number of nitrogens with one attached hydrogen (secondary N) is 3. The summed E-state index contributed by atoms with van der Waals surface area (Å²) >= 11 is 3.92. The zero-order valence-electron chi connectivity index (χ0n) is 19.7. The first-order valence-electron chi connectivity index (χ1n) is 11.2. The van der Waals surface area contributed by atoms with Crippen molar-refractivity contribution in [3.63, 3.8) is 0 Å². The highest BCUT2D eigenvalue weighted by atomic mass is 32.1. The number of nitrogens with two attached hydrogens (primary N) is 3. The third-order valence-electron chi connectivity index (χ3n) is 5.14. The molecule has 0 aliphatic rings.